The molecule has 0 radical (unpaired) electrons. The number of carbonyl (C=O) groups is 1. The largest absolute Gasteiger partial charge is 0.466 e. The summed E-state index contributed by atoms with van der Waals surface area (Å²) >= 11 is 0. The van der Waals surface area contributed by atoms with E-state index in [1.54, 1.807) is 6.92 Å². The van der Waals surface area contributed by atoms with Crippen LogP contribution >= 0.6 is 0 Å². The van der Waals surface area contributed by atoms with Gasteiger partial charge in [-0.3, -0.25) is 4.79 Å². The molecule has 0 aromatic heterocycles. The first-order chi connectivity index (χ1) is 18.2. The van der Waals surface area contributed by atoms with Gasteiger partial charge in [-0.25, -0.2) is 0 Å². The van der Waals surface area contributed by atoms with Crippen LogP contribution < -0.4 is 0 Å². The van der Waals surface area contributed by atoms with E-state index in [-0.39, 0.29) is 13.2 Å². The van der Waals surface area contributed by atoms with Crippen molar-refractivity contribution in [3.05, 3.63) is 108 Å². The molecule has 1 saturated heterocycles. The highest BCUT2D eigenvalue weighted by Gasteiger charge is 2.58. The molecule has 1 aliphatic rings. The van der Waals surface area contributed by atoms with E-state index in [0.29, 0.717) is 0 Å². The molecule has 1 fully saturated rings. The van der Waals surface area contributed by atoms with Gasteiger partial charge in [-0.15, -0.1) is 0 Å². The van der Waals surface area contributed by atoms with Gasteiger partial charge in [0.1, 0.15) is 35.9 Å². The molecule has 202 valence electrons. The zero-order valence-electron chi connectivity index (χ0n) is 21.4. The predicted molar refractivity (Wildman–Crippen MR) is 139 cm³/mol. The highest BCUT2D eigenvalue weighted by atomic mass is 16.7. The molecule has 38 heavy (non-hydrogen) atoms. The molecule has 4 N–H and O–H groups in total. The fourth-order valence-electron chi connectivity index (χ4n) is 5.08. The van der Waals surface area contributed by atoms with Gasteiger partial charge in [0.25, 0.3) is 0 Å². The third-order valence-corrected chi connectivity index (χ3v) is 6.91. The molecule has 3 aromatic carbocycles. The topological polar surface area (TPSA) is 126 Å². The van der Waals surface area contributed by atoms with Gasteiger partial charge in [0.2, 0.25) is 0 Å². The summed E-state index contributed by atoms with van der Waals surface area (Å²) in [6, 6.07) is 28.6. The Balaban J connectivity index is 1.64. The van der Waals surface area contributed by atoms with Crippen molar-refractivity contribution < 1.29 is 39.4 Å². The predicted octanol–water partition coefficient (Wildman–Crippen LogP) is 2.36. The Bertz CT molecular complexity index is 1070. The van der Waals surface area contributed by atoms with Gasteiger partial charge in [-0.1, -0.05) is 91.0 Å². The smallest absolute Gasteiger partial charge is 0.317 e. The third-order valence-electron chi connectivity index (χ3n) is 6.91. The van der Waals surface area contributed by atoms with Gasteiger partial charge in [0, 0.05) is 0 Å². The summed E-state index contributed by atoms with van der Waals surface area (Å²) in [6.45, 7) is 2.49. The Morgan fingerprint density at radius 2 is 1.37 bits per heavy atom. The number of hydrogen-bond donors (Lipinski definition) is 4. The number of aliphatic hydroxyl groups is 4. The van der Waals surface area contributed by atoms with Crippen LogP contribution in [0.5, 0.6) is 0 Å². The molecule has 0 amide bonds. The highest BCUT2D eigenvalue weighted by molar-refractivity contribution is 5.74. The Kier molecular flexibility index (Phi) is 8.62. The molecule has 4 rings (SSSR count). The van der Waals surface area contributed by atoms with Crippen LogP contribution in [0, 0.1) is 5.92 Å². The molecule has 0 aliphatic carbocycles. The van der Waals surface area contributed by atoms with Gasteiger partial charge in [0.15, 0.2) is 5.79 Å². The van der Waals surface area contributed by atoms with Crippen LogP contribution in [0.2, 0.25) is 0 Å². The van der Waals surface area contributed by atoms with Crippen molar-refractivity contribution in [2.24, 2.45) is 5.92 Å². The van der Waals surface area contributed by atoms with Crippen molar-refractivity contribution >= 4 is 5.97 Å². The molecule has 6 atom stereocenters. The van der Waals surface area contributed by atoms with Crippen molar-refractivity contribution in [2.75, 3.05) is 13.2 Å². The lowest BCUT2D eigenvalue weighted by Gasteiger charge is -2.37. The number of ether oxygens (including phenoxy) is 3. The van der Waals surface area contributed by atoms with E-state index in [0.717, 1.165) is 16.7 Å². The molecular formula is C30H34O8. The molecule has 0 unspecified atom stereocenters. The number of esters is 1. The van der Waals surface area contributed by atoms with Crippen LogP contribution in [-0.2, 0) is 24.6 Å². The summed E-state index contributed by atoms with van der Waals surface area (Å²) in [4.78, 5) is 12.3. The van der Waals surface area contributed by atoms with E-state index in [1.165, 1.54) is 6.92 Å². The minimum absolute atomic E-state index is 0.0440. The number of carbonyl (C=O) groups excluding carboxylic acids is 1. The molecule has 0 bridgehead atoms. The Morgan fingerprint density at radius 1 is 0.921 bits per heavy atom. The van der Waals surface area contributed by atoms with Gasteiger partial charge in [-0.05, 0) is 30.5 Å². The quantitative estimate of drug-likeness (QED) is 0.236. The normalized spacial score (nSPS) is 25.1. The minimum atomic E-state index is -2.10. The molecular weight excluding hydrogens is 488 g/mol. The summed E-state index contributed by atoms with van der Waals surface area (Å²) < 4.78 is 16.9. The van der Waals surface area contributed by atoms with Crippen molar-refractivity contribution in [3.63, 3.8) is 0 Å². The average Bonchev–Trinajstić information content (AvgIpc) is 3.18. The molecule has 1 heterocycles. The number of hydrogen-bond acceptors (Lipinski definition) is 8. The van der Waals surface area contributed by atoms with Crippen molar-refractivity contribution in [1.29, 1.82) is 0 Å². The maximum absolute atomic E-state index is 12.3. The fourth-order valence-corrected chi connectivity index (χ4v) is 5.08. The van der Waals surface area contributed by atoms with E-state index in [9.17, 15) is 25.2 Å². The van der Waals surface area contributed by atoms with Gasteiger partial charge < -0.3 is 34.6 Å². The van der Waals surface area contributed by atoms with Crippen LogP contribution in [0.25, 0.3) is 0 Å². The van der Waals surface area contributed by atoms with Crippen LogP contribution in [0.3, 0.4) is 0 Å². The number of aliphatic hydroxyl groups excluding tert-OH is 3. The van der Waals surface area contributed by atoms with Gasteiger partial charge in [-0.2, -0.15) is 0 Å². The number of rotatable bonds is 10. The van der Waals surface area contributed by atoms with E-state index < -0.39 is 47.7 Å². The van der Waals surface area contributed by atoms with Crippen molar-refractivity contribution in [3.8, 4) is 0 Å². The Labute approximate surface area is 222 Å². The molecule has 3 aromatic rings. The third kappa shape index (κ3) is 5.37. The first-order valence-corrected chi connectivity index (χ1v) is 12.6. The van der Waals surface area contributed by atoms with Gasteiger partial charge >= 0.3 is 5.97 Å². The summed E-state index contributed by atoms with van der Waals surface area (Å²) in [5.74, 6) is -4.41. The van der Waals surface area contributed by atoms with Crippen LogP contribution in [0.1, 0.15) is 30.5 Å². The maximum Gasteiger partial charge on any atom is 0.317 e. The van der Waals surface area contributed by atoms with E-state index in [2.05, 4.69) is 0 Å². The van der Waals surface area contributed by atoms with Crippen LogP contribution in [0.15, 0.2) is 91.0 Å². The zero-order chi connectivity index (χ0) is 27.3. The first kappa shape index (κ1) is 27.9. The molecule has 8 nitrogen and oxygen atoms in total. The lowest BCUT2D eigenvalue weighted by Crippen LogP contribution is -2.48. The Hall–Kier alpha value is -3.11. The molecule has 0 spiro atoms. The second-order valence-corrected chi connectivity index (χ2v) is 9.51. The standard InChI is InChI=1S/C30H34O8/c1-3-36-28(34)24-26(33)27(38-29(24,2)35)25(32)23(31)19-37-30(20-13-7-4-8-14-20,21-15-9-5-10-16-21)22-17-11-6-12-18-22/h4-18,23-27,31-33,35H,3,19H2,1-2H3/t23-,24-,25-,26+,27+,29-/m1/s1. The average molecular weight is 523 g/mol. The summed E-state index contributed by atoms with van der Waals surface area (Å²) in [5.41, 5.74) is 1.28. The monoisotopic (exact) mass is 522 g/mol. The summed E-state index contributed by atoms with van der Waals surface area (Å²) in [7, 11) is 0. The fraction of sp³-hybridized carbons (Fsp3) is 0.367. The van der Waals surface area contributed by atoms with Crippen molar-refractivity contribution in [2.45, 2.75) is 49.7 Å². The first-order valence-electron chi connectivity index (χ1n) is 12.6. The Morgan fingerprint density at radius 3 is 1.79 bits per heavy atom. The second-order valence-electron chi connectivity index (χ2n) is 9.51. The highest BCUT2D eigenvalue weighted by Crippen LogP contribution is 2.41. The van der Waals surface area contributed by atoms with Gasteiger partial charge in [0.05, 0.1) is 13.2 Å². The zero-order valence-corrected chi connectivity index (χ0v) is 21.4. The maximum atomic E-state index is 12.3. The second kappa shape index (κ2) is 11.7. The van der Waals surface area contributed by atoms with Crippen LogP contribution in [-0.4, -0.2) is 69.8 Å². The van der Waals surface area contributed by atoms with E-state index in [4.69, 9.17) is 14.2 Å². The minimum Gasteiger partial charge on any atom is -0.466 e. The molecule has 8 heteroatoms. The van der Waals surface area contributed by atoms with Crippen LogP contribution in [0.4, 0.5) is 0 Å². The summed E-state index contributed by atoms with van der Waals surface area (Å²) in [6.07, 6.45) is -6.30. The lowest BCUT2D eigenvalue weighted by atomic mass is 9.80. The molecule has 1 aliphatic heterocycles. The summed E-state index contributed by atoms with van der Waals surface area (Å²) in [5, 5.41) is 43.4. The number of benzene rings is 3. The molecule has 0 saturated carbocycles. The van der Waals surface area contributed by atoms with Crippen molar-refractivity contribution in [1.82, 2.24) is 0 Å². The van der Waals surface area contributed by atoms with E-state index >= 15 is 0 Å². The van der Waals surface area contributed by atoms with E-state index in [1.807, 2.05) is 91.0 Å². The lowest BCUT2D eigenvalue weighted by molar-refractivity contribution is -0.225. The SMILES string of the molecule is CCOC(=O)[C@H]1[C@H](O)[C@H]([C@H](O)[C@H](O)COC(c2ccccc2)(c2ccccc2)c2ccccc2)O[C@@]1(C)O.